The highest BCUT2D eigenvalue weighted by Crippen LogP contribution is 2.43. The second kappa shape index (κ2) is 7.43. The Hall–Kier alpha value is -2.82. The first-order valence-corrected chi connectivity index (χ1v) is 9.01. The molecule has 5 heteroatoms. The topological polar surface area (TPSA) is 64.6 Å². The molecule has 0 bridgehead atoms. The van der Waals surface area contributed by atoms with E-state index in [-0.39, 0.29) is 17.4 Å². The molecule has 27 heavy (non-hydrogen) atoms. The highest BCUT2D eigenvalue weighted by Gasteiger charge is 2.26. The van der Waals surface area contributed by atoms with Crippen LogP contribution in [0.25, 0.3) is 11.1 Å². The maximum Gasteiger partial charge on any atom is 0.217 e. The molecule has 5 nitrogen and oxygen atoms in total. The van der Waals surface area contributed by atoms with Crippen LogP contribution in [0.5, 0.6) is 11.5 Å². The fourth-order valence-corrected chi connectivity index (χ4v) is 3.93. The first kappa shape index (κ1) is 19.0. The largest absolute Gasteiger partial charge is 0.493 e. The third-order valence-electron chi connectivity index (χ3n) is 5.14. The number of hydrogen-bond donors (Lipinski definition) is 1. The van der Waals surface area contributed by atoms with Crippen LogP contribution >= 0.6 is 0 Å². The summed E-state index contributed by atoms with van der Waals surface area (Å²) in [6.07, 6.45) is 1.25. The van der Waals surface area contributed by atoms with Crippen molar-refractivity contribution in [1.29, 1.82) is 0 Å². The van der Waals surface area contributed by atoms with Crippen LogP contribution in [-0.2, 0) is 17.6 Å². The van der Waals surface area contributed by atoms with Crippen molar-refractivity contribution < 1.29 is 14.3 Å². The number of fused-ring (bicyclic) bond motifs is 3. The lowest BCUT2D eigenvalue weighted by Gasteiger charge is -2.19. The Morgan fingerprint density at radius 2 is 1.78 bits per heavy atom. The number of carbonyl (C=O) groups excluding carboxylic acids is 1. The van der Waals surface area contributed by atoms with E-state index in [0.29, 0.717) is 29.9 Å². The molecule has 0 heterocycles. The fourth-order valence-electron chi connectivity index (χ4n) is 3.93. The molecule has 0 spiro atoms. The number of nitrogens with one attached hydrogen (secondary N) is 1. The van der Waals surface area contributed by atoms with Crippen molar-refractivity contribution in [3.8, 4) is 22.6 Å². The van der Waals surface area contributed by atoms with Crippen LogP contribution in [0.2, 0.25) is 0 Å². The van der Waals surface area contributed by atoms with Crippen molar-refractivity contribution in [3.05, 3.63) is 56.7 Å². The molecule has 1 atom stereocenters. The summed E-state index contributed by atoms with van der Waals surface area (Å²) in [7, 11) is 3.24. The average Bonchev–Trinajstić information content (AvgIpc) is 2.83. The molecule has 1 aliphatic carbocycles. The van der Waals surface area contributed by atoms with E-state index in [1.54, 1.807) is 20.3 Å². The summed E-state index contributed by atoms with van der Waals surface area (Å²) in [5.41, 5.74) is 5.71. The number of ether oxygens (including phenoxy) is 2. The molecule has 0 saturated heterocycles. The number of benzene rings is 1. The summed E-state index contributed by atoms with van der Waals surface area (Å²) in [4.78, 5) is 24.1. The van der Waals surface area contributed by atoms with Gasteiger partial charge in [0.15, 0.2) is 16.9 Å². The molecule has 1 aliphatic rings. The van der Waals surface area contributed by atoms with Crippen LogP contribution < -0.4 is 20.2 Å². The van der Waals surface area contributed by atoms with Gasteiger partial charge in [-0.2, -0.15) is 0 Å². The van der Waals surface area contributed by atoms with Gasteiger partial charge in [-0.05, 0) is 66.6 Å². The Morgan fingerprint density at radius 1 is 1.07 bits per heavy atom. The number of hydrogen-bond acceptors (Lipinski definition) is 4. The summed E-state index contributed by atoms with van der Waals surface area (Å²) in [5, 5.41) is 3.02. The van der Waals surface area contributed by atoms with Gasteiger partial charge >= 0.3 is 0 Å². The number of amides is 1. The monoisotopic (exact) mass is 367 g/mol. The molecular formula is C22H25NO4. The third kappa shape index (κ3) is 3.54. The summed E-state index contributed by atoms with van der Waals surface area (Å²) < 4.78 is 11.1. The number of rotatable bonds is 3. The number of methoxy groups -OCH3 is 2. The smallest absolute Gasteiger partial charge is 0.217 e. The first-order valence-electron chi connectivity index (χ1n) is 9.01. The van der Waals surface area contributed by atoms with Gasteiger partial charge in [-0.3, -0.25) is 9.59 Å². The summed E-state index contributed by atoms with van der Waals surface area (Å²) >= 11 is 0. The molecule has 0 aliphatic heterocycles. The predicted molar refractivity (Wildman–Crippen MR) is 106 cm³/mol. The fraction of sp³-hybridized carbons (Fsp3) is 0.364. The third-order valence-corrected chi connectivity index (χ3v) is 5.14. The summed E-state index contributed by atoms with van der Waals surface area (Å²) in [6.45, 7) is 5.33. The molecule has 3 rings (SSSR count). The van der Waals surface area contributed by atoms with Gasteiger partial charge in [0.05, 0.1) is 14.2 Å². The Labute approximate surface area is 159 Å². The van der Waals surface area contributed by atoms with Gasteiger partial charge in [0.25, 0.3) is 0 Å². The quantitative estimate of drug-likeness (QED) is 0.906. The Bertz CT molecular complexity index is 965. The van der Waals surface area contributed by atoms with Crippen molar-refractivity contribution in [1.82, 2.24) is 5.32 Å². The van der Waals surface area contributed by atoms with E-state index in [1.807, 2.05) is 32.0 Å². The molecule has 1 N–H and O–H groups in total. The number of aryl methyl sites for hydroxylation is 1. The molecule has 0 aromatic heterocycles. The highest BCUT2D eigenvalue weighted by atomic mass is 16.5. The standard InChI is InChI=1S/C22H25NO4/c1-12-6-7-18-15(10-19(12)25)8-17(23-14(3)24)9-16-11-20(26-4)22(27-5)13(2)21(16)18/h6-7,10-11,17H,8-9H2,1-5H3,(H,23,24)/t17-/m1/s1. The Kier molecular flexibility index (Phi) is 5.22. The van der Waals surface area contributed by atoms with Crippen LogP contribution in [0.4, 0.5) is 0 Å². The van der Waals surface area contributed by atoms with Crippen molar-refractivity contribution >= 4 is 5.91 Å². The van der Waals surface area contributed by atoms with Gasteiger partial charge in [-0.1, -0.05) is 12.1 Å². The van der Waals surface area contributed by atoms with Crippen LogP contribution in [-0.4, -0.2) is 26.2 Å². The van der Waals surface area contributed by atoms with Gasteiger partial charge in [-0.15, -0.1) is 0 Å². The molecule has 0 saturated carbocycles. The Balaban J connectivity index is 2.36. The van der Waals surface area contributed by atoms with E-state index in [4.69, 9.17) is 9.47 Å². The lowest BCUT2D eigenvalue weighted by atomic mass is 9.92. The van der Waals surface area contributed by atoms with E-state index >= 15 is 0 Å². The summed E-state index contributed by atoms with van der Waals surface area (Å²) in [6, 6.07) is 7.44. The minimum Gasteiger partial charge on any atom is -0.493 e. The average molecular weight is 367 g/mol. The van der Waals surface area contributed by atoms with Gasteiger partial charge in [-0.25, -0.2) is 0 Å². The SMILES string of the molecule is COc1cc2c(c(C)c1OC)-c1ccc(C)c(=O)cc1C[C@@H](NC(C)=O)C2. The first-order chi connectivity index (χ1) is 12.8. The lowest BCUT2D eigenvalue weighted by Crippen LogP contribution is -2.36. The molecule has 0 radical (unpaired) electrons. The van der Waals surface area contributed by atoms with E-state index < -0.39 is 0 Å². The maximum atomic E-state index is 12.4. The van der Waals surface area contributed by atoms with E-state index in [2.05, 4.69) is 5.32 Å². The summed E-state index contributed by atoms with van der Waals surface area (Å²) in [5.74, 6) is 1.27. The van der Waals surface area contributed by atoms with Crippen molar-refractivity contribution in [2.45, 2.75) is 39.7 Å². The zero-order valence-corrected chi connectivity index (χ0v) is 16.4. The van der Waals surface area contributed by atoms with Crippen LogP contribution in [0, 0.1) is 13.8 Å². The van der Waals surface area contributed by atoms with Crippen LogP contribution in [0.15, 0.2) is 29.1 Å². The zero-order chi connectivity index (χ0) is 19.7. The minimum atomic E-state index is -0.0953. The van der Waals surface area contributed by atoms with Crippen molar-refractivity contribution in [3.63, 3.8) is 0 Å². The van der Waals surface area contributed by atoms with Crippen LogP contribution in [0.1, 0.15) is 29.2 Å². The molecular weight excluding hydrogens is 342 g/mol. The van der Waals surface area contributed by atoms with E-state index in [9.17, 15) is 9.59 Å². The maximum absolute atomic E-state index is 12.4. The molecule has 0 fully saturated rings. The zero-order valence-electron chi connectivity index (χ0n) is 16.4. The van der Waals surface area contributed by atoms with Gasteiger partial charge in [0, 0.05) is 18.5 Å². The second-order valence-electron chi connectivity index (χ2n) is 7.04. The molecule has 2 aromatic rings. The second-order valence-corrected chi connectivity index (χ2v) is 7.04. The highest BCUT2D eigenvalue weighted by molar-refractivity contribution is 5.79. The van der Waals surface area contributed by atoms with Crippen molar-refractivity contribution in [2.24, 2.45) is 0 Å². The Morgan fingerprint density at radius 3 is 2.41 bits per heavy atom. The molecule has 1 amide bonds. The molecule has 2 aromatic carbocycles. The van der Waals surface area contributed by atoms with E-state index in [1.165, 1.54) is 6.92 Å². The van der Waals surface area contributed by atoms with Gasteiger partial charge < -0.3 is 14.8 Å². The minimum absolute atomic E-state index is 0.000551. The van der Waals surface area contributed by atoms with Crippen molar-refractivity contribution in [2.75, 3.05) is 14.2 Å². The molecule has 0 unspecified atom stereocenters. The number of carbonyl (C=O) groups is 1. The van der Waals surface area contributed by atoms with E-state index in [0.717, 1.165) is 27.8 Å². The van der Waals surface area contributed by atoms with Crippen LogP contribution in [0.3, 0.4) is 0 Å². The lowest BCUT2D eigenvalue weighted by molar-refractivity contribution is -0.119. The van der Waals surface area contributed by atoms with Gasteiger partial charge in [0.1, 0.15) is 0 Å². The molecule has 142 valence electrons. The normalized spacial score (nSPS) is 15.2. The van der Waals surface area contributed by atoms with Gasteiger partial charge in [0.2, 0.25) is 5.91 Å². The predicted octanol–water partition coefficient (Wildman–Crippen LogP) is 2.95.